The normalized spacial score (nSPS) is 10.6. The molecule has 0 atom stereocenters. The lowest BCUT2D eigenvalue weighted by Crippen LogP contribution is -1.80. The maximum absolute atomic E-state index is 9.29. The highest BCUT2D eigenvalue weighted by atomic mass is 35.5. The molecule has 0 aliphatic heterocycles. The van der Waals surface area contributed by atoms with Crippen LogP contribution in [0.5, 0.6) is 5.75 Å². The maximum atomic E-state index is 9.29. The van der Waals surface area contributed by atoms with Gasteiger partial charge in [-0.3, -0.25) is 0 Å². The Morgan fingerprint density at radius 1 is 1.08 bits per heavy atom. The molecule has 0 amide bonds. The lowest BCUT2D eigenvalue weighted by Gasteiger charge is -2.01. The minimum absolute atomic E-state index is 0.0540. The maximum Gasteiger partial charge on any atom is 0.134 e. The molecule has 4 heteroatoms. The molecule has 0 fully saturated rings. The van der Waals surface area contributed by atoms with E-state index in [0.717, 1.165) is 0 Å². The number of rotatable bonds is 0. The van der Waals surface area contributed by atoms with Gasteiger partial charge in [0.15, 0.2) is 0 Å². The Kier molecular flexibility index (Phi) is 2.02. The van der Waals surface area contributed by atoms with Gasteiger partial charge in [0.05, 0.1) is 10.5 Å². The Balaban J connectivity index is 2.87. The van der Waals surface area contributed by atoms with Gasteiger partial charge in [0, 0.05) is 5.39 Å². The van der Waals surface area contributed by atoms with Crippen molar-refractivity contribution in [1.82, 2.24) is 4.98 Å². The summed E-state index contributed by atoms with van der Waals surface area (Å²) in [7, 11) is 0. The van der Waals surface area contributed by atoms with Crippen molar-refractivity contribution in [2.24, 2.45) is 0 Å². The number of aromatic hydroxyl groups is 1. The summed E-state index contributed by atoms with van der Waals surface area (Å²) in [4.78, 5) is 4.05. The minimum Gasteiger partial charge on any atom is -0.506 e. The number of hydrogen-bond donors (Lipinski definition) is 1. The summed E-state index contributed by atoms with van der Waals surface area (Å²) >= 11 is 11.5. The number of halogens is 2. The first kappa shape index (κ1) is 8.60. The van der Waals surface area contributed by atoms with Crippen LogP contribution in [0.4, 0.5) is 0 Å². The van der Waals surface area contributed by atoms with E-state index >= 15 is 0 Å². The van der Waals surface area contributed by atoms with Crippen LogP contribution >= 0.6 is 23.2 Å². The summed E-state index contributed by atoms with van der Waals surface area (Å²) in [6.45, 7) is 0. The number of fused-ring (bicyclic) bond motifs is 1. The molecule has 2 nitrogen and oxygen atoms in total. The minimum atomic E-state index is 0.0540. The molecule has 1 heterocycles. The smallest absolute Gasteiger partial charge is 0.134 e. The summed E-state index contributed by atoms with van der Waals surface area (Å²) in [6, 6.07) is 6.53. The molecule has 0 unspecified atom stereocenters. The zero-order chi connectivity index (χ0) is 9.42. The number of nitrogens with zero attached hydrogens (tertiary/aromatic N) is 1. The van der Waals surface area contributed by atoms with Crippen molar-refractivity contribution in [1.29, 1.82) is 0 Å². The fourth-order valence-corrected chi connectivity index (χ4v) is 1.51. The average molecular weight is 214 g/mol. The summed E-state index contributed by atoms with van der Waals surface area (Å²) in [5.74, 6) is 0.0540. The third kappa shape index (κ3) is 1.43. The summed E-state index contributed by atoms with van der Waals surface area (Å²) < 4.78 is 0. The predicted molar refractivity (Wildman–Crippen MR) is 53.4 cm³/mol. The second-order valence-electron chi connectivity index (χ2n) is 2.60. The van der Waals surface area contributed by atoms with Crippen LogP contribution in [0, 0.1) is 0 Å². The van der Waals surface area contributed by atoms with Crippen LogP contribution in [0.3, 0.4) is 0 Å². The third-order valence-corrected chi connectivity index (χ3v) is 2.36. The van der Waals surface area contributed by atoms with Crippen LogP contribution in [0.25, 0.3) is 10.9 Å². The highest BCUT2D eigenvalue weighted by Gasteiger charge is 2.04. The summed E-state index contributed by atoms with van der Waals surface area (Å²) in [6.07, 6.45) is 0. The van der Waals surface area contributed by atoms with Crippen LogP contribution in [0.1, 0.15) is 0 Å². The zero-order valence-electron chi connectivity index (χ0n) is 6.46. The number of pyridine rings is 1. The molecule has 0 aliphatic carbocycles. The van der Waals surface area contributed by atoms with Crippen molar-refractivity contribution in [3.63, 3.8) is 0 Å². The van der Waals surface area contributed by atoms with Crippen LogP contribution in [0.2, 0.25) is 10.2 Å². The number of phenols is 1. The van der Waals surface area contributed by atoms with Gasteiger partial charge in [0.25, 0.3) is 0 Å². The van der Waals surface area contributed by atoms with Crippen molar-refractivity contribution >= 4 is 34.1 Å². The molecule has 0 radical (unpaired) electrons. The molecule has 66 valence electrons. The highest BCUT2D eigenvalue weighted by molar-refractivity contribution is 6.37. The van der Waals surface area contributed by atoms with Crippen LogP contribution in [-0.4, -0.2) is 10.1 Å². The van der Waals surface area contributed by atoms with E-state index in [-0.39, 0.29) is 5.75 Å². The van der Waals surface area contributed by atoms with Gasteiger partial charge < -0.3 is 5.11 Å². The summed E-state index contributed by atoms with van der Waals surface area (Å²) in [5.41, 5.74) is 0.676. The lowest BCUT2D eigenvalue weighted by atomic mass is 10.2. The van der Waals surface area contributed by atoms with E-state index in [4.69, 9.17) is 23.2 Å². The molecule has 0 aliphatic rings. The monoisotopic (exact) mass is 213 g/mol. The fourth-order valence-electron chi connectivity index (χ4n) is 1.13. The number of aromatic nitrogens is 1. The highest BCUT2D eigenvalue weighted by Crippen LogP contribution is 2.31. The lowest BCUT2D eigenvalue weighted by molar-refractivity contribution is 0.476. The van der Waals surface area contributed by atoms with Crippen molar-refractivity contribution in [2.75, 3.05) is 0 Å². The second-order valence-corrected chi connectivity index (χ2v) is 3.36. The topological polar surface area (TPSA) is 33.1 Å². The quantitative estimate of drug-likeness (QED) is 0.682. The van der Waals surface area contributed by atoms with Gasteiger partial charge in [-0.15, -0.1) is 0 Å². The first-order valence-electron chi connectivity index (χ1n) is 3.62. The van der Waals surface area contributed by atoms with Crippen molar-refractivity contribution in [3.05, 3.63) is 34.4 Å². The van der Waals surface area contributed by atoms with E-state index in [1.165, 1.54) is 6.07 Å². The Morgan fingerprint density at radius 3 is 2.62 bits per heavy atom. The zero-order valence-corrected chi connectivity index (χ0v) is 7.97. The van der Waals surface area contributed by atoms with Gasteiger partial charge in [-0.1, -0.05) is 23.2 Å². The molecular formula is C9H5Cl2NO. The molecule has 13 heavy (non-hydrogen) atoms. The molecule has 0 spiro atoms. The van der Waals surface area contributed by atoms with E-state index in [1.54, 1.807) is 18.2 Å². The van der Waals surface area contributed by atoms with Gasteiger partial charge in [-0.25, -0.2) is 4.98 Å². The van der Waals surface area contributed by atoms with E-state index < -0.39 is 0 Å². The first-order chi connectivity index (χ1) is 6.18. The SMILES string of the molecule is Oc1ccc2nc(Cl)ccc2c1Cl. The average Bonchev–Trinajstić information content (AvgIpc) is 2.12. The number of hydrogen-bond acceptors (Lipinski definition) is 2. The first-order valence-corrected chi connectivity index (χ1v) is 4.38. The van der Waals surface area contributed by atoms with Crippen LogP contribution in [0.15, 0.2) is 24.3 Å². The Morgan fingerprint density at radius 2 is 1.85 bits per heavy atom. The van der Waals surface area contributed by atoms with E-state index in [1.807, 2.05) is 0 Å². The molecule has 1 aromatic heterocycles. The molecule has 2 rings (SSSR count). The van der Waals surface area contributed by atoms with Gasteiger partial charge in [-0.05, 0) is 24.3 Å². The van der Waals surface area contributed by atoms with Crippen LogP contribution in [-0.2, 0) is 0 Å². The molecular weight excluding hydrogens is 209 g/mol. The molecule has 0 saturated heterocycles. The van der Waals surface area contributed by atoms with Crippen molar-refractivity contribution < 1.29 is 5.11 Å². The van der Waals surface area contributed by atoms with E-state index in [0.29, 0.717) is 21.1 Å². The van der Waals surface area contributed by atoms with E-state index in [9.17, 15) is 5.11 Å². The van der Waals surface area contributed by atoms with Crippen molar-refractivity contribution in [3.8, 4) is 5.75 Å². The second kappa shape index (κ2) is 3.05. The van der Waals surface area contributed by atoms with E-state index in [2.05, 4.69) is 4.98 Å². The molecule has 0 saturated carbocycles. The molecule has 1 aromatic carbocycles. The van der Waals surface area contributed by atoms with Crippen molar-refractivity contribution in [2.45, 2.75) is 0 Å². The standard InChI is InChI=1S/C9H5Cl2NO/c10-8-4-1-5-6(12-8)2-3-7(13)9(5)11/h1-4,13H. The van der Waals surface area contributed by atoms with Gasteiger partial charge in [0.2, 0.25) is 0 Å². The van der Waals surface area contributed by atoms with Gasteiger partial charge in [-0.2, -0.15) is 0 Å². The molecule has 1 N–H and O–H groups in total. The predicted octanol–water partition coefficient (Wildman–Crippen LogP) is 3.25. The van der Waals surface area contributed by atoms with Crippen LogP contribution < -0.4 is 0 Å². The largest absolute Gasteiger partial charge is 0.506 e. The fraction of sp³-hybridized carbons (Fsp3) is 0. The summed E-state index contributed by atoms with van der Waals surface area (Å²) in [5, 5.41) is 10.7. The Bertz CT molecular complexity index is 470. The van der Waals surface area contributed by atoms with Gasteiger partial charge in [0.1, 0.15) is 10.9 Å². The Labute approximate surface area is 84.7 Å². The number of phenolic OH excluding ortho intramolecular Hbond substituents is 1. The molecule has 0 bridgehead atoms. The third-order valence-electron chi connectivity index (χ3n) is 1.75. The Hall–Kier alpha value is -0.990. The van der Waals surface area contributed by atoms with Gasteiger partial charge >= 0.3 is 0 Å². The molecule has 2 aromatic rings. The number of benzene rings is 1.